The first-order valence-corrected chi connectivity index (χ1v) is 6.38. The van der Waals surface area contributed by atoms with Crippen LogP contribution < -0.4 is 11.4 Å². The molecule has 0 radical (unpaired) electrons. The zero-order chi connectivity index (χ0) is 14.8. The molecule has 5 heteroatoms. The van der Waals surface area contributed by atoms with E-state index < -0.39 is 11.4 Å². The summed E-state index contributed by atoms with van der Waals surface area (Å²) in [6.07, 6.45) is 0. The summed E-state index contributed by atoms with van der Waals surface area (Å²) in [5, 5.41) is 0.276. The Morgan fingerprint density at radius 3 is 2.38 bits per heavy atom. The SMILES string of the molecule is O=C(Cn1c(=O)oc(=O)c2ccccc21)c1ccccc1. The summed E-state index contributed by atoms with van der Waals surface area (Å²) < 4.78 is 5.83. The third-order valence-electron chi connectivity index (χ3n) is 3.21. The maximum atomic E-state index is 12.2. The molecule has 0 saturated heterocycles. The topological polar surface area (TPSA) is 69.3 Å². The molecular formula is C16H11NO4. The highest BCUT2D eigenvalue weighted by Gasteiger charge is 2.13. The average molecular weight is 281 g/mol. The van der Waals surface area contributed by atoms with E-state index in [0.29, 0.717) is 11.1 Å². The smallest absolute Gasteiger partial charge is 0.372 e. The maximum Gasteiger partial charge on any atom is 0.422 e. The molecule has 5 nitrogen and oxygen atoms in total. The Bertz CT molecular complexity index is 922. The summed E-state index contributed by atoms with van der Waals surface area (Å²) in [6, 6.07) is 15.2. The fourth-order valence-corrected chi connectivity index (χ4v) is 2.18. The summed E-state index contributed by atoms with van der Waals surface area (Å²) in [5.74, 6) is -1.06. The predicted molar refractivity (Wildman–Crippen MR) is 77.5 cm³/mol. The van der Waals surface area contributed by atoms with Gasteiger partial charge in [-0.2, -0.15) is 0 Å². The van der Waals surface area contributed by atoms with Gasteiger partial charge in [-0.1, -0.05) is 42.5 Å². The monoisotopic (exact) mass is 281 g/mol. The molecule has 0 aliphatic heterocycles. The number of hydrogen-bond acceptors (Lipinski definition) is 4. The van der Waals surface area contributed by atoms with Crippen LogP contribution in [0.2, 0.25) is 0 Å². The van der Waals surface area contributed by atoms with Crippen LogP contribution in [-0.2, 0) is 6.54 Å². The quantitative estimate of drug-likeness (QED) is 0.687. The zero-order valence-corrected chi connectivity index (χ0v) is 11.0. The molecule has 0 unspecified atom stereocenters. The highest BCUT2D eigenvalue weighted by Crippen LogP contribution is 2.09. The van der Waals surface area contributed by atoms with E-state index in [9.17, 15) is 14.4 Å². The van der Waals surface area contributed by atoms with Crippen molar-refractivity contribution < 1.29 is 9.21 Å². The summed E-state index contributed by atoms with van der Waals surface area (Å²) in [5.41, 5.74) is 0.196. The highest BCUT2D eigenvalue weighted by molar-refractivity contribution is 5.96. The van der Waals surface area contributed by atoms with Gasteiger partial charge in [0, 0.05) is 5.56 Å². The van der Waals surface area contributed by atoms with Crippen LogP contribution in [0.1, 0.15) is 10.4 Å². The van der Waals surface area contributed by atoms with E-state index in [-0.39, 0.29) is 17.7 Å². The van der Waals surface area contributed by atoms with Crippen molar-refractivity contribution in [2.45, 2.75) is 6.54 Å². The van der Waals surface area contributed by atoms with E-state index in [1.807, 2.05) is 0 Å². The van der Waals surface area contributed by atoms with Gasteiger partial charge in [-0.05, 0) is 12.1 Å². The minimum atomic E-state index is -0.831. The average Bonchev–Trinajstić information content (AvgIpc) is 2.52. The van der Waals surface area contributed by atoms with E-state index in [0.717, 1.165) is 0 Å². The van der Waals surface area contributed by atoms with Crippen molar-refractivity contribution >= 4 is 16.7 Å². The van der Waals surface area contributed by atoms with Crippen molar-refractivity contribution in [2.24, 2.45) is 0 Å². The number of Topliss-reactive ketones (excluding diaryl/α,β-unsaturated/α-hetero) is 1. The Hall–Kier alpha value is -2.95. The molecule has 0 saturated carbocycles. The standard InChI is InChI=1S/C16H11NO4/c18-14(11-6-2-1-3-7-11)10-17-13-9-5-4-8-12(13)15(19)21-16(17)20/h1-9H,10H2. The first kappa shape index (κ1) is 13.1. The molecule has 0 bridgehead atoms. The third kappa shape index (κ3) is 2.41. The van der Waals surface area contributed by atoms with E-state index in [1.165, 1.54) is 4.57 Å². The Kier molecular flexibility index (Phi) is 3.23. The van der Waals surface area contributed by atoms with Crippen LogP contribution in [0.4, 0.5) is 0 Å². The molecule has 1 heterocycles. The number of rotatable bonds is 3. The predicted octanol–water partition coefficient (Wildman–Crippen LogP) is 1.84. The molecule has 0 spiro atoms. The van der Waals surface area contributed by atoms with E-state index >= 15 is 0 Å². The molecule has 0 amide bonds. The molecule has 3 aromatic rings. The number of carbonyl (C=O) groups excluding carboxylic acids is 1. The van der Waals surface area contributed by atoms with Crippen LogP contribution in [0.15, 0.2) is 68.6 Å². The molecule has 0 aliphatic carbocycles. The Balaban J connectivity index is 2.12. The van der Waals surface area contributed by atoms with Gasteiger partial charge in [0.1, 0.15) is 0 Å². The van der Waals surface area contributed by atoms with Crippen molar-refractivity contribution in [1.82, 2.24) is 4.57 Å². The third-order valence-corrected chi connectivity index (χ3v) is 3.21. The van der Waals surface area contributed by atoms with Gasteiger partial charge in [0.2, 0.25) is 0 Å². The van der Waals surface area contributed by atoms with Crippen molar-refractivity contribution in [1.29, 1.82) is 0 Å². The van der Waals surface area contributed by atoms with Crippen LogP contribution in [0.5, 0.6) is 0 Å². The second kappa shape index (κ2) is 5.20. The number of nitrogens with zero attached hydrogens (tertiary/aromatic N) is 1. The van der Waals surface area contributed by atoms with Crippen LogP contribution in [0.25, 0.3) is 10.9 Å². The number of para-hydroxylation sites is 1. The van der Waals surface area contributed by atoms with Gasteiger partial charge in [-0.3, -0.25) is 9.36 Å². The highest BCUT2D eigenvalue weighted by atomic mass is 16.4. The molecular weight excluding hydrogens is 270 g/mol. The number of carbonyl (C=O) groups is 1. The molecule has 0 N–H and O–H groups in total. The van der Waals surface area contributed by atoms with Crippen LogP contribution in [0, 0.1) is 0 Å². The van der Waals surface area contributed by atoms with Crippen molar-refractivity contribution in [2.75, 3.05) is 0 Å². The maximum absolute atomic E-state index is 12.2. The lowest BCUT2D eigenvalue weighted by Crippen LogP contribution is -2.28. The largest absolute Gasteiger partial charge is 0.422 e. The van der Waals surface area contributed by atoms with Gasteiger partial charge in [-0.25, -0.2) is 9.59 Å². The fraction of sp³-hybridized carbons (Fsp3) is 0.0625. The first-order chi connectivity index (χ1) is 10.2. The van der Waals surface area contributed by atoms with Crippen molar-refractivity contribution in [3.63, 3.8) is 0 Å². The van der Waals surface area contributed by atoms with Gasteiger partial charge >= 0.3 is 11.4 Å². The lowest BCUT2D eigenvalue weighted by Gasteiger charge is -2.07. The second-order valence-electron chi connectivity index (χ2n) is 4.55. The van der Waals surface area contributed by atoms with E-state index in [1.54, 1.807) is 54.6 Å². The second-order valence-corrected chi connectivity index (χ2v) is 4.55. The molecule has 21 heavy (non-hydrogen) atoms. The van der Waals surface area contributed by atoms with Gasteiger partial charge in [0.15, 0.2) is 5.78 Å². The molecule has 3 rings (SSSR count). The fourth-order valence-electron chi connectivity index (χ4n) is 2.18. The summed E-state index contributed by atoms with van der Waals surface area (Å²) >= 11 is 0. The number of aromatic nitrogens is 1. The molecule has 104 valence electrons. The number of benzene rings is 2. The molecule has 0 fully saturated rings. The Labute approximate surface area is 119 Å². The Morgan fingerprint density at radius 2 is 1.62 bits per heavy atom. The minimum Gasteiger partial charge on any atom is -0.372 e. The zero-order valence-electron chi connectivity index (χ0n) is 11.0. The van der Waals surface area contributed by atoms with Gasteiger partial charge in [0.05, 0.1) is 17.4 Å². The molecule has 0 aliphatic rings. The summed E-state index contributed by atoms with van der Waals surface area (Å²) in [4.78, 5) is 35.7. The number of hydrogen-bond donors (Lipinski definition) is 0. The first-order valence-electron chi connectivity index (χ1n) is 6.38. The number of ketones is 1. The van der Waals surface area contributed by atoms with Crippen molar-refractivity contribution in [3.8, 4) is 0 Å². The number of fused-ring (bicyclic) bond motifs is 1. The van der Waals surface area contributed by atoms with Gasteiger partial charge in [0.25, 0.3) is 0 Å². The molecule has 1 aromatic heterocycles. The summed E-state index contributed by atoms with van der Waals surface area (Å²) in [7, 11) is 0. The summed E-state index contributed by atoms with van der Waals surface area (Å²) in [6.45, 7) is -0.173. The normalized spacial score (nSPS) is 10.7. The van der Waals surface area contributed by atoms with Crippen molar-refractivity contribution in [3.05, 3.63) is 81.1 Å². The minimum absolute atomic E-state index is 0.173. The Morgan fingerprint density at radius 1 is 0.952 bits per heavy atom. The van der Waals surface area contributed by atoms with Crippen LogP contribution in [0.3, 0.4) is 0 Å². The molecule has 0 atom stereocenters. The van der Waals surface area contributed by atoms with Crippen LogP contribution in [-0.4, -0.2) is 10.4 Å². The van der Waals surface area contributed by atoms with Gasteiger partial charge < -0.3 is 4.42 Å². The lowest BCUT2D eigenvalue weighted by molar-refractivity contribution is 0.0968. The van der Waals surface area contributed by atoms with Crippen LogP contribution >= 0.6 is 0 Å². The lowest BCUT2D eigenvalue weighted by atomic mass is 10.1. The molecule has 2 aromatic carbocycles. The van der Waals surface area contributed by atoms with E-state index in [2.05, 4.69) is 4.42 Å². The van der Waals surface area contributed by atoms with E-state index in [4.69, 9.17) is 0 Å². The van der Waals surface area contributed by atoms with Gasteiger partial charge in [-0.15, -0.1) is 0 Å².